The lowest BCUT2D eigenvalue weighted by atomic mass is 10.1. The molecule has 0 saturated carbocycles. The highest BCUT2D eigenvalue weighted by Crippen LogP contribution is 2.29. The van der Waals surface area contributed by atoms with Gasteiger partial charge in [-0.1, -0.05) is 11.6 Å². The minimum absolute atomic E-state index is 0.0264. The van der Waals surface area contributed by atoms with Gasteiger partial charge in [-0.3, -0.25) is 4.99 Å². The molecule has 6 heteroatoms. The normalized spacial score (nSPS) is 16.0. The average Bonchev–Trinajstić information content (AvgIpc) is 2.67. The summed E-state index contributed by atoms with van der Waals surface area (Å²) in [5.74, 6) is 2.40. The van der Waals surface area contributed by atoms with E-state index in [0.717, 1.165) is 55.6 Å². The lowest BCUT2D eigenvalue weighted by Gasteiger charge is -2.21. The van der Waals surface area contributed by atoms with Crippen LogP contribution < -0.4 is 20.1 Å². The fraction of sp³-hybridized carbons (Fsp3) is 0.526. The average molecular weight is 347 g/mol. The Kier molecular flexibility index (Phi) is 7.60. The number of hydrogen-bond acceptors (Lipinski definition) is 4. The number of nitrogens with zero attached hydrogens (tertiary/aromatic N) is 1. The minimum atomic E-state index is 0.0264. The summed E-state index contributed by atoms with van der Waals surface area (Å²) in [5.41, 5.74) is 2.47. The van der Waals surface area contributed by atoms with Gasteiger partial charge in [0, 0.05) is 19.2 Å². The molecule has 0 amide bonds. The van der Waals surface area contributed by atoms with Crippen LogP contribution in [-0.2, 0) is 4.74 Å². The molecule has 0 aliphatic carbocycles. The number of benzene rings is 1. The highest BCUT2D eigenvalue weighted by atomic mass is 16.5. The molecular formula is C19H29N3O3. The zero-order valence-corrected chi connectivity index (χ0v) is 15.6. The van der Waals surface area contributed by atoms with Crippen molar-refractivity contribution in [1.82, 2.24) is 10.6 Å². The summed E-state index contributed by atoms with van der Waals surface area (Å²) >= 11 is 0. The summed E-state index contributed by atoms with van der Waals surface area (Å²) in [4.78, 5) is 4.31. The van der Waals surface area contributed by atoms with E-state index in [4.69, 9.17) is 14.2 Å². The van der Waals surface area contributed by atoms with Crippen LogP contribution >= 0.6 is 0 Å². The third-order valence-corrected chi connectivity index (χ3v) is 4.28. The molecule has 1 aromatic carbocycles. The molecule has 2 rings (SSSR count). The lowest BCUT2D eigenvalue weighted by molar-refractivity contribution is 0.153. The summed E-state index contributed by atoms with van der Waals surface area (Å²) in [6.07, 6.45) is 4.19. The highest BCUT2D eigenvalue weighted by Gasteiger charge is 2.14. The van der Waals surface area contributed by atoms with Gasteiger partial charge in [0.1, 0.15) is 11.5 Å². The second kappa shape index (κ2) is 9.93. The topological polar surface area (TPSA) is 64.1 Å². The van der Waals surface area contributed by atoms with Crippen LogP contribution in [0, 0.1) is 0 Å². The molecule has 25 heavy (non-hydrogen) atoms. The molecule has 1 aliphatic heterocycles. The highest BCUT2D eigenvalue weighted by molar-refractivity contribution is 5.80. The van der Waals surface area contributed by atoms with E-state index >= 15 is 0 Å². The number of ether oxygens (including phenoxy) is 3. The van der Waals surface area contributed by atoms with Crippen molar-refractivity contribution in [3.8, 4) is 11.5 Å². The maximum Gasteiger partial charge on any atom is 0.191 e. The molecule has 0 fully saturated rings. The Morgan fingerprint density at radius 3 is 2.80 bits per heavy atom. The third kappa shape index (κ3) is 5.67. The molecule has 0 aromatic heterocycles. The quantitative estimate of drug-likeness (QED) is 0.451. The molecule has 1 heterocycles. The fourth-order valence-electron chi connectivity index (χ4n) is 2.79. The molecule has 2 N–H and O–H groups in total. The third-order valence-electron chi connectivity index (χ3n) is 4.28. The summed E-state index contributed by atoms with van der Waals surface area (Å²) in [6, 6.07) is 5.82. The Morgan fingerprint density at radius 1 is 1.32 bits per heavy atom. The molecular weight excluding hydrogens is 318 g/mol. The van der Waals surface area contributed by atoms with Crippen molar-refractivity contribution in [3.05, 3.63) is 35.4 Å². The SMILES string of the molecule is CN=C(NCCC1=CCOCC1)NC(C)c1cc(OC)ccc1OC. The van der Waals surface area contributed by atoms with Gasteiger partial charge in [-0.05, 0) is 38.0 Å². The standard InChI is InChI=1S/C19H29N3O3/c1-14(17-13-16(23-3)5-6-18(17)24-4)22-19(20-2)21-10-7-15-8-11-25-12-9-15/h5-6,8,13-14H,7,9-12H2,1-4H3,(H2,20,21,22). The number of hydrogen-bond donors (Lipinski definition) is 2. The predicted molar refractivity (Wildman–Crippen MR) is 101 cm³/mol. The van der Waals surface area contributed by atoms with E-state index in [1.165, 1.54) is 5.57 Å². The Balaban J connectivity index is 1.93. The summed E-state index contributed by atoms with van der Waals surface area (Å²) < 4.78 is 16.1. The monoisotopic (exact) mass is 347 g/mol. The second-order valence-electron chi connectivity index (χ2n) is 5.91. The summed E-state index contributed by atoms with van der Waals surface area (Å²) in [6.45, 7) is 4.47. The molecule has 1 aliphatic rings. The van der Waals surface area contributed by atoms with Crippen LogP contribution in [0.15, 0.2) is 34.8 Å². The molecule has 0 radical (unpaired) electrons. The van der Waals surface area contributed by atoms with Crippen LogP contribution in [0.25, 0.3) is 0 Å². The van der Waals surface area contributed by atoms with Crippen molar-refractivity contribution in [2.45, 2.75) is 25.8 Å². The van der Waals surface area contributed by atoms with E-state index in [2.05, 4.69) is 28.6 Å². The van der Waals surface area contributed by atoms with Crippen LogP contribution in [0.3, 0.4) is 0 Å². The number of methoxy groups -OCH3 is 2. The number of aliphatic imine (C=N–C) groups is 1. The number of nitrogens with one attached hydrogen (secondary N) is 2. The number of rotatable bonds is 7. The van der Waals surface area contributed by atoms with Gasteiger partial charge in [0.15, 0.2) is 5.96 Å². The first-order chi connectivity index (χ1) is 12.2. The van der Waals surface area contributed by atoms with Gasteiger partial charge in [0.25, 0.3) is 0 Å². The van der Waals surface area contributed by atoms with Crippen LogP contribution in [0.4, 0.5) is 0 Å². The lowest BCUT2D eigenvalue weighted by Crippen LogP contribution is -2.39. The maximum absolute atomic E-state index is 5.47. The van der Waals surface area contributed by atoms with Crippen molar-refractivity contribution >= 4 is 5.96 Å². The largest absolute Gasteiger partial charge is 0.497 e. The Bertz CT molecular complexity index is 614. The van der Waals surface area contributed by atoms with E-state index < -0.39 is 0 Å². The van der Waals surface area contributed by atoms with Crippen molar-refractivity contribution in [3.63, 3.8) is 0 Å². The second-order valence-corrected chi connectivity index (χ2v) is 5.91. The Labute approximate surface area is 150 Å². The van der Waals surface area contributed by atoms with Gasteiger partial charge in [-0.25, -0.2) is 0 Å². The van der Waals surface area contributed by atoms with Crippen molar-refractivity contribution in [2.75, 3.05) is 41.0 Å². The molecule has 6 nitrogen and oxygen atoms in total. The Hall–Kier alpha value is -2.21. The van der Waals surface area contributed by atoms with Crippen molar-refractivity contribution in [2.24, 2.45) is 4.99 Å². The van der Waals surface area contributed by atoms with E-state index in [-0.39, 0.29) is 6.04 Å². The smallest absolute Gasteiger partial charge is 0.191 e. The first-order valence-corrected chi connectivity index (χ1v) is 8.62. The van der Waals surface area contributed by atoms with Gasteiger partial charge in [-0.15, -0.1) is 0 Å². The first-order valence-electron chi connectivity index (χ1n) is 8.62. The van der Waals surface area contributed by atoms with Crippen LogP contribution in [0.1, 0.15) is 31.4 Å². The first kappa shape index (κ1) is 19.1. The Morgan fingerprint density at radius 2 is 2.16 bits per heavy atom. The molecule has 1 unspecified atom stereocenters. The summed E-state index contributed by atoms with van der Waals surface area (Å²) in [5, 5.41) is 6.77. The van der Waals surface area contributed by atoms with Gasteiger partial charge < -0.3 is 24.8 Å². The molecule has 0 saturated heterocycles. The fourth-order valence-corrected chi connectivity index (χ4v) is 2.79. The molecule has 1 aromatic rings. The van der Waals surface area contributed by atoms with E-state index in [1.807, 2.05) is 18.2 Å². The van der Waals surface area contributed by atoms with E-state index in [9.17, 15) is 0 Å². The zero-order valence-electron chi connectivity index (χ0n) is 15.6. The van der Waals surface area contributed by atoms with E-state index in [1.54, 1.807) is 21.3 Å². The van der Waals surface area contributed by atoms with Crippen molar-refractivity contribution in [1.29, 1.82) is 0 Å². The molecule has 138 valence electrons. The zero-order chi connectivity index (χ0) is 18.1. The van der Waals surface area contributed by atoms with Gasteiger partial charge in [-0.2, -0.15) is 0 Å². The molecule has 0 bridgehead atoms. The van der Waals surface area contributed by atoms with Gasteiger partial charge in [0.05, 0.1) is 33.5 Å². The minimum Gasteiger partial charge on any atom is -0.497 e. The van der Waals surface area contributed by atoms with E-state index in [0.29, 0.717) is 0 Å². The van der Waals surface area contributed by atoms with Crippen molar-refractivity contribution < 1.29 is 14.2 Å². The van der Waals surface area contributed by atoms with Crippen LogP contribution in [0.2, 0.25) is 0 Å². The molecule has 0 spiro atoms. The van der Waals surface area contributed by atoms with Crippen LogP contribution in [0.5, 0.6) is 11.5 Å². The molecule has 1 atom stereocenters. The van der Waals surface area contributed by atoms with Gasteiger partial charge >= 0.3 is 0 Å². The summed E-state index contributed by atoms with van der Waals surface area (Å²) in [7, 11) is 5.11. The van der Waals surface area contributed by atoms with Crippen LogP contribution in [-0.4, -0.2) is 47.0 Å². The maximum atomic E-state index is 5.47. The predicted octanol–water partition coefficient (Wildman–Crippen LogP) is 2.67. The number of guanidine groups is 1. The van der Waals surface area contributed by atoms with Gasteiger partial charge in [0.2, 0.25) is 0 Å².